The number of Topliss-reactive ketones (excluding diaryl/α,β-unsaturated/α-hetero) is 1. The number of aliphatic hydroxyl groups excluding tert-OH is 1. The standard InChI is InChI=1S/C30H34N2O6S/c1-4-6-8-16-38-23-13-12-20(19-24(23)36-3)26-25(28(34)29(35)32(26)30-31-14-17-39-30)27(33)21-10-9-11-22(18-21)37-15-7-5-2/h9-14,17-19,26,33H,4-8,15-16H2,1-3H3/b27-25+. The number of anilines is 1. The summed E-state index contributed by atoms with van der Waals surface area (Å²) in [5, 5.41) is 13.5. The predicted octanol–water partition coefficient (Wildman–Crippen LogP) is 6.53. The summed E-state index contributed by atoms with van der Waals surface area (Å²) in [6.07, 6.45) is 6.53. The second kappa shape index (κ2) is 13.3. The van der Waals surface area contributed by atoms with E-state index >= 15 is 0 Å². The zero-order valence-corrected chi connectivity index (χ0v) is 23.3. The summed E-state index contributed by atoms with van der Waals surface area (Å²) in [6.45, 7) is 5.30. The van der Waals surface area contributed by atoms with E-state index in [2.05, 4.69) is 18.8 Å². The number of ketones is 1. The molecule has 1 saturated heterocycles. The van der Waals surface area contributed by atoms with E-state index in [0.717, 1.165) is 32.1 Å². The number of hydrogen-bond acceptors (Lipinski definition) is 8. The quantitative estimate of drug-likeness (QED) is 0.112. The zero-order valence-electron chi connectivity index (χ0n) is 22.5. The first-order valence-electron chi connectivity index (χ1n) is 13.2. The molecule has 1 fully saturated rings. The Morgan fingerprint density at radius 1 is 1.00 bits per heavy atom. The fourth-order valence-electron chi connectivity index (χ4n) is 4.41. The highest BCUT2D eigenvalue weighted by molar-refractivity contribution is 7.14. The maximum Gasteiger partial charge on any atom is 0.301 e. The number of rotatable bonds is 13. The molecule has 8 nitrogen and oxygen atoms in total. The van der Waals surface area contributed by atoms with Crippen LogP contribution in [0.5, 0.6) is 17.2 Å². The molecule has 1 aromatic heterocycles. The van der Waals surface area contributed by atoms with Gasteiger partial charge in [0.25, 0.3) is 5.78 Å². The summed E-state index contributed by atoms with van der Waals surface area (Å²) in [6, 6.07) is 11.3. The topological polar surface area (TPSA) is 98.2 Å². The van der Waals surface area contributed by atoms with Crippen molar-refractivity contribution < 1.29 is 28.9 Å². The molecule has 1 N–H and O–H groups in total. The second-order valence-electron chi connectivity index (χ2n) is 9.18. The van der Waals surface area contributed by atoms with Gasteiger partial charge in [-0.3, -0.25) is 14.5 Å². The van der Waals surface area contributed by atoms with Crippen molar-refractivity contribution in [3.05, 3.63) is 70.7 Å². The summed E-state index contributed by atoms with van der Waals surface area (Å²) in [5.41, 5.74) is 0.938. The molecule has 4 rings (SSSR count). The van der Waals surface area contributed by atoms with Crippen LogP contribution in [0.15, 0.2) is 59.6 Å². The summed E-state index contributed by atoms with van der Waals surface area (Å²) in [7, 11) is 1.54. The highest BCUT2D eigenvalue weighted by Crippen LogP contribution is 2.44. The van der Waals surface area contributed by atoms with Gasteiger partial charge in [0, 0.05) is 17.1 Å². The number of carbonyl (C=O) groups is 2. The lowest BCUT2D eigenvalue weighted by Crippen LogP contribution is -2.29. The fraction of sp³-hybridized carbons (Fsp3) is 0.367. The van der Waals surface area contributed by atoms with Gasteiger partial charge in [-0.15, -0.1) is 11.3 Å². The highest BCUT2D eigenvalue weighted by atomic mass is 32.1. The molecule has 3 aromatic rings. The van der Waals surface area contributed by atoms with Gasteiger partial charge in [-0.2, -0.15) is 0 Å². The number of carbonyl (C=O) groups excluding carboxylic acids is 2. The Morgan fingerprint density at radius 3 is 2.51 bits per heavy atom. The van der Waals surface area contributed by atoms with Crippen LogP contribution in [0.2, 0.25) is 0 Å². The van der Waals surface area contributed by atoms with Crippen LogP contribution in [0.3, 0.4) is 0 Å². The number of amides is 1. The Labute approximate surface area is 232 Å². The minimum Gasteiger partial charge on any atom is -0.507 e. The van der Waals surface area contributed by atoms with E-state index in [1.807, 2.05) is 0 Å². The maximum atomic E-state index is 13.4. The van der Waals surface area contributed by atoms with Crippen LogP contribution in [0.25, 0.3) is 5.76 Å². The van der Waals surface area contributed by atoms with Gasteiger partial charge in [0.05, 0.1) is 31.9 Å². The summed E-state index contributed by atoms with van der Waals surface area (Å²) >= 11 is 1.24. The summed E-state index contributed by atoms with van der Waals surface area (Å²) in [5.74, 6) is -0.211. The molecular formula is C30H34N2O6S. The van der Waals surface area contributed by atoms with Crippen molar-refractivity contribution in [2.75, 3.05) is 25.2 Å². The van der Waals surface area contributed by atoms with Crippen molar-refractivity contribution in [1.29, 1.82) is 0 Å². The van der Waals surface area contributed by atoms with Crippen LogP contribution < -0.4 is 19.1 Å². The van der Waals surface area contributed by atoms with E-state index in [1.54, 1.807) is 61.2 Å². The number of thiazole rings is 1. The van der Waals surface area contributed by atoms with E-state index in [-0.39, 0.29) is 11.3 Å². The number of methoxy groups -OCH3 is 1. The lowest BCUT2D eigenvalue weighted by atomic mass is 9.95. The number of unbranched alkanes of at least 4 members (excludes halogenated alkanes) is 3. The molecule has 0 radical (unpaired) electrons. The molecule has 0 spiro atoms. The number of hydrogen-bond donors (Lipinski definition) is 1. The molecule has 1 aliphatic rings. The number of aromatic nitrogens is 1. The van der Waals surface area contributed by atoms with Gasteiger partial charge in [0.15, 0.2) is 16.6 Å². The van der Waals surface area contributed by atoms with Crippen molar-refractivity contribution >= 4 is 33.9 Å². The van der Waals surface area contributed by atoms with Crippen molar-refractivity contribution in [3.8, 4) is 17.2 Å². The second-order valence-corrected chi connectivity index (χ2v) is 10.1. The maximum absolute atomic E-state index is 13.4. The first kappa shape index (κ1) is 28.2. The van der Waals surface area contributed by atoms with Crippen molar-refractivity contribution in [3.63, 3.8) is 0 Å². The van der Waals surface area contributed by atoms with Gasteiger partial charge >= 0.3 is 5.91 Å². The summed E-state index contributed by atoms with van der Waals surface area (Å²) < 4.78 is 17.3. The van der Waals surface area contributed by atoms with E-state index in [1.165, 1.54) is 16.2 Å². The van der Waals surface area contributed by atoms with Gasteiger partial charge in [0.1, 0.15) is 11.5 Å². The SMILES string of the molecule is CCCCCOc1ccc(C2/C(=C(\O)c3cccc(OCCCC)c3)C(=O)C(=O)N2c2nccs2)cc1OC. The molecule has 1 atom stereocenters. The van der Waals surface area contributed by atoms with Gasteiger partial charge in [-0.05, 0) is 42.7 Å². The van der Waals surface area contributed by atoms with E-state index < -0.39 is 17.7 Å². The Hall–Kier alpha value is -3.85. The monoisotopic (exact) mass is 550 g/mol. The molecule has 9 heteroatoms. The largest absolute Gasteiger partial charge is 0.507 e. The van der Waals surface area contributed by atoms with Crippen LogP contribution in [0, 0.1) is 0 Å². The van der Waals surface area contributed by atoms with Gasteiger partial charge in [-0.25, -0.2) is 4.98 Å². The highest BCUT2D eigenvalue weighted by Gasteiger charge is 2.48. The molecule has 0 bridgehead atoms. The third-order valence-electron chi connectivity index (χ3n) is 6.45. The lowest BCUT2D eigenvalue weighted by Gasteiger charge is -2.24. The first-order valence-corrected chi connectivity index (χ1v) is 14.1. The third-order valence-corrected chi connectivity index (χ3v) is 7.22. The number of ether oxygens (including phenoxy) is 3. The molecule has 0 aliphatic carbocycles. The van der Waals surface area contributed by atoms with E-state index in [4.69, 9.17) is 14.2 Å². The van der Waals surface area contributed by atoms with Gasteiger partial charge in [0.2, 0.25) is 0 Å². The molecule has 0 saturated carbocycles. The summed E-state index contributed by atoms with van der Waals surface area (Å²) in [4.78, 5) is 32.3. The van der Waals surface area contributed by atoms with Crippen molar-refractivity contribution in [2.45, 2.75) is 52.0 Å². The third kappa shape index (κ3) is 6.25. The van der Waals surface area contributed by atoms with Crippen LogP contribution in [0.1, 0.15) is 63.1 Å². The zero-order chi connectivity index (χ0) is 27.8. The Kier molecular flexibility index (Phi) is 9.59. The van der Waals surface area contributed by atoms with Crippen molar-refractivity contribution in [2.24, 2.45) is 0 Å². The molecular weight excluding hydrogens is 516 g/mol. The molecule has 2 aromatic carbocycles. The number of nitrogens with zero attached hydrogens (tertiary/aromatic N) is 2. The van der Waals surface area contributed by atoms with Gasteiger partial charge in [-0.1, -0.05) is 51.3 Å². The molecule has 206 valence electrons. The van der Waals surface area contributed by atoms with E-state index in [9.17, 15) is 14.7 Å². The van der Waals surface area contributed by atoms with Crippen molar-refractivity contribution in [1.82, 2.24) is 4.98 Å². The van der Waals surface area contributed by atoms with Gasteiger partial charge < -0.3 is 19.3 Å². The minimum absolute atomic E-state index is 0.0282. The van der Waals surface area contributed by atoms with Crippen LogP contribution in [0.4, 0.5) is 5.13 Å². The predicted molar refractivity (Wildman–Crippen MR) is 152 cm³/mol. The lowest BCUT2D eigenvalue weighted by molar-refractivity contribution is -0.132. The normalized spacial score (nSPS) is 16.5. The molecule has 1 aliphatic heterocycles. The smallest absolute Gasteiger partial charge is 0.301 e. The van der Waals surface area contributed by atoms with Crippen LogP contribution >= 0.6 is 11.3 Å². The van der Waals surface area contributed by atoms with Crippen LogP contribution in [-0.4, -0.2) is 42.1 Å². The Morgan fingerprint density at radius 2 is 1.79 bits per heavy atom. The average molecular weight is 551 g/mol. The number of benzene rings is 2. The van der Waals surface area contributed by atoms with Crippen LogP contribution in [-0.2, 0) is 9.59 Å². The van der Waals surface area contributed by atoms with E-state index in [0.29, 0.717) is 46.7 Å². The minimum atomic E-state index is -0.913. The average Bonchev–Trinajstić information content (AvgIpc) is 3.57. The number of aliphatic hydroxyl groups is 1. The fourth-order valence-corrected chi connectivity index (χ4v) is 5.08. The molecule has 39 heavy (non-hydrogen) atoms. The Balaban J connectivity index is 1.78. The molecule has 1 amide bonds. The Bertz CT molecular complexity index is 1320. The first-order chi connectivity index (χ1) is 19.0. The molecule has 1 unspecified atom stereocenters. The molecule has 2 heterocycles.